The summed E-state index contributed by atoms with van der Waals surface area (Å²) in [5, 5.41) is 18.7. The molecule has 1 aromatic rings. The van der Waals surface area contributed by atoms with Crippen LogP contribution in [-0.4, -0.2) is 33.1 Å². The predicted molar refractivity (Wildman–Crippen MR) is 63.3 cm³/mol. The van der Waals surface area contributed by atoms with Crippen LogP contribution in [-0.2, 0) is 11.2 Å². The fourth-order valence-corrected chi connectivity index (χ4v) is 1.53. The van der Waals surface area contributed by atoms with E-state index in [-0.39, 0.29) is 12.5 Å². The minimum atomic E-state index is -0.623. The van der Waals surface area contributed by atoms with E-state index in [0.717, 1.165) is 10.1 Å². The molecule has 1 heterocycles. The minimum Gasteiger partial charge on any atom is -0.494 e. The minimum absolute atomic E-state index is 0.0767. The summed E-state index contributed by atoms with van der Waals surface area (Å²) < 4.78 is 6.21. The summed E-state index contributed by atoms with van der Waals surface area (Å²) >= 11 is 0. The van der Waals surface area contributed by atoms with Crippen molar-refractivity contribution < 1.29 is 19.7 Å². The van der Waals surface area contributed by atoms with Gasteiger partial charge in [0.25, 0.3) is 0 Å². The standard InChI is InChI=1S/C12H19NO4/c1-8-7-13(10(15)9(8)5-6-14)11(16)17-12(2,3)4/h7,14-15H,5-6H2,1-4H3. The van der Waals surface area contributed by atoms with E-state index in [2.05, 4.69) is 0 Å². The van der Waals surface area contributed by atoms with E-state index in [1.54, 1.807) is 27.7 Å². The Labute approximate surface area is 101 Å². The number of aryl methyl sites for hydroxylation is 1. The molecule has 0 fully saturated rings. The first kappa shape index (κ1) is 13.6. The maximum atomic E-state index is 11.8. The smallest absolute Gasteiger partial charge is 0.421 e. The van der Waals surface area contributed by atoms with Crippen LogP contribution < -0.4 is 0 Å². The van der Waals surface area contributed by atoms with E-state index in [1.807, 2.05) is 0 Å². The molecule has 0 aliphatic heterocycles. The van der Waals surface area contributed by atoms with Crippen LogP contribution in [0.2, 0.25) is 0 Å². The quantitative estimate of drug-likeness (QED) is 0.828. The largest absolute Gasteiger partial charge is 0.494 e. The van der Waals surface area contributed by atoms with Gasteiger partial charge in [-0.25, -0.2) is 9.36 Å². The topological polar surface area (TPSA) is 71.7 Å². The zero-order valence-electron chi connectivity index (χ0n) is 10.6. The number of hydrogen-bond acceptors (Lipinski definition) is 4. The van der Waals surface area contributed by atoms with Crippen molar-refractivity contribution in [3.63, 3.8) is 0 Å². The Morgan fingerprint density at radius 3 is 2.53 bits per heavy atom. The first-order valence-electron chi connectivity index (χ1n) is 5.50. The maximum Gasteiger partial charge on any atom is 0.421 e. The van der Waals surface area contributed by atoms with Crippen LogP contribution in [0.15, 0.2) is 6.20 Å². The Kier molecular flexibility index (Phi) is 3.83. The number of aromatic nitrogens is 1. The number of hydrogen-bond donors (Lipinski definition) is 2. The van der Waals surface area contributed by atoms with Crippen molar-refractivity contribution >= 4 is 6.09 Å². The second-order valence-electron chi connectivity index (χ2n) is 4.94. The number of aliphatic hydroxyl groups excluding tert-OH is 1. The average molecular weight is 241 g/mol. The zero-order chi connectivity index (χ0) is 13.2. The molecule has 96 valence electrons. The fourth-order valence-electron chi connectivity index (χ4n) is 1.53. The Hall–Kier alpha value is -1.49. The molecule has 5 nitrogen and oxygen atoms in total. The molecule has 0 amide bonds. The van der Waals surface area contributed by atoms with E-state index in [1.165, 1.54) is 6.20 Å². The third kappa shape index (κ3) is 3.23. The van der Waals surface area contributed by atoms with Crippen molar-refractivity contribution in [1.29, 1.82) is 0 Å². The highest BCUT2D eigenvalue weighted by atomic mass is 16.6. The number of carbonyl (C=O) groups is 1. The van der Waals surface area contributed by atoms with Gasteiger partial charge in [-0.05, 0) is 33.3 Å². The van der Waals surface area contributed by atoms with Crippen molar-refractivity contribution in [3.8, 4) is 5.88 Å². The van der Waals surface area contributed by atoms with Gasteiger partial charge < -0.3 is 14.9 Å². The molecular weight excluding hydrogens is 222 g/mol. The van der Waals surface area contributed by atoms with E-state index in [9.17, 15) is 9.90 Å². The Morgan fingerprint density at radius 1 is 1.47 bits per heavy atom. The molecule has 0 unspecified atom stereocenters. The Bertz CT molecular complexity index is 415. The lowest BCUT2D eigenvalue weighted by molar-refractivity contribution is 0.0525. The highest BCUT2D eigenvalue weighted by molar-refractivity contribution is 5.74. The highest BCUT2D eigenvalue weighted by Crippen LogP contribution is 2.25. The van der Waals surface area contributed by atoms with Crippen molar-refractivity contribution in [3.05, 3.63) is 17.3 Å². The normalized spacial score (nSPS) is 11.6. The number of aliphatic hydroxyl groups is 1. The molecule has 0 aliphatic rings. The second-order valence-corrected chi connectivity index (χ2v) is 4.94. The van der Waals surface area contributed by atoms with Gasteiger partial charge in [0.05, 0.1) is 0 Å². The molecule has 0 saturated heterocycles. The first-order chi connectivity index (χ1) is 7.76. The summed E-state index contributed by atoms with van der Waals surface area (Å²) in [5.74, 6) is -0.161. The summed E-state index contributed by atoms with van der Waals surface area (Å²) in [6.45, 7) is 6.96. The number of rotatable bonds is 2. The summed E-state index contributed by atoms with van der Waals surface area (Å²) in [6.07, 6.45) is 1.20. The molecule has 2 N–H and O–H groups in total. The molecule has 0 atom stereocenters. The highest BCUT2D eigenvalue weighted by Gasteiger charge is 2.22. The Balaban J connectivity index is 3.00. The SMILES string of the molecule is Cc1cn(C(=O)OC(C)(C)C)c(O)c1CCO. The molecule has 1 aromatic heterocycles. The zero-order valence-corrected chi connectivity index (χ0v) is 10.6. The lowest BCUT2D eigenvalue weighted by atomic mass is 10.1. The number of ether oxygens (including phenoxy) is 1. The van der Waals surface area contributed by atoms with Gasteiger partial charge in [0, 0.05) is 24.8 Å². The number of nitrogens with zero attached hydrogens (tertiary/aromatic N) is 1. The molecule has 0 aliphatic carbocycles. The van der Waals surface area contributed by atoms with Gasteiger partial charge >= 0.3 is 6.09 Å². The van der Waals surface area contributed by atoms with Crippen molar-refractivity contribution in [1.82, 2.24) is 4.57 Å². The summed E-state index contributed by atoms with van der Waals surface area (Å²) in [5.41, 5.74) is 0.708. The van der Waals surface area contributed by atoms with E-state index < -0.39 is 11.7 Å². The van der Waals surface area contributed by atoms with Crippen LogP contribution in [0, 0.1) is 6.92 Å². The molecule has 0 aromatic carbocycles. The second kappa shape index (κ2) is 4.79. The number of carbonyl (C=O) groups excluding carboxylic acids is 1. The van der Waals surface area contributed by atoms with Gasteiger partial charge in [-0.2, -0.15) is 0 Å². The molecule has 0 spiro atoms. The van der Waals surface area contributed by atoms with Crippen LogP contribution in [0.1, 0.15) is 31.9 Å². The van der Waals surface area contributed by atoms with E-state index in [4.69, 9.17) is 9.84 Å². The molecule has 5 heteroatoms. The van der Waals surface area contributed by atoms with Gasteiger partial charge in [-0.1, -0.05) is 0 Å². The van der Waals surface area contributed by atoms with Gasteiger partial charge in [0.1, 0.15) is 5.60 Å². The summed E-state index contributed by atoms with van der Waals surface area (Å²) in [6, 6.07) is 0. The van der Waals surface area contributed by atoms with Gasteiger partial charge in [0.15, 0.2) is 0 Å². The van der Waals surface area contributed by atoms with Crippen molar-refractivity contribution in [2.24, 2.45) is 0 Å². The van der Waals surface area contributed by atoms with E-state index >= 15 is 0 Å². The Morgan fingerprint density at radius 2 is 2.06 bits per heavy atom. The van der Waals surface area contributed by atoms with Crippen molar-refractivity contribution in [2.45, 2.75) is 39.7 Å². The average Bonchev–Trinajstić information content (AvgIpc) is 2.43. The lowest BCUT2D eigenvalue weighted by Crippen LogP contribution is -2.26. The molecule has 0 radical (unpaired) electrons. The third-order valence-corrected chi connectivity index (χ3v) is 2.25. The third-order valence-electron chi connectivity index (χ3n) is 2.25. The number of aromatic hydroxyl groups is 1. The van der Waals surface area contributed by atoms with Crippen LogP contribution in [0.3, 0.4) is 0 Å². The molecule has 17 heavy (non-hydrogen) atoms. The van der Waals surface area contributed by atoms with Crippen LogP contribution in [0.5, 0.6) is 5.88 Å². The summed E-state index contributed by atoms with van der Waals surface area (Å²) in [4.78, 5) is 11.8. The monoisotopic (exact) mass is 241 g/mol. The van der Waals surface area contributed by atoms with Gasteiger partial charge in [0.2, 0.25) is 5.88 Å². The van der Waals surface area contributed by atoms with E-state index in [0.29, 0.717) is 12.0 Å². The lowest BCUT2D eigenvalue weighted by Gasteiger charge is -2.19. The maximum absolute atomic E-state index is 11.8. The van der Waals surface area contributed by atoms with Crippen LogP contribution >= 0.6 is 0 Å². The molecule has 0 saturated carbocycles. The first-order valence-corrected chi connectivity index (χ1v) is 5.50. The molecular formula is C12H19NO4. The van der Waals surface area contributed by atoms with Crippen molar-refractivity contribution in [2.75, 3.05) is 6.61 Å². The van der Waals surface area contributed by atoms with Crippen LogP contribution in [0.4, 0.5) is 4.79 Å². The predicted octanol–water partition coefficient (Wildman–Crippen LogP) is 1.82. The molecule has 1 rings (SSSR count). The summed E-state index contributed by atoms with van der Waals surface area (Å²) in [7, 11) is 0. The fraction of sp³-hybridized carbons (Fsp3) is 0.583. The van der Waals surface area contributed by atoms with Gasteiger partial charge in [-0.3, -0.25) is 0 Å². The van der Waals surface area contributed by atoms with Crippen LogP contribution in [0.25, 0.3) is 0 Å². The molecule has 0 bridgehead atoms. The van der Waals surface area contributed by atoms with Gasteiger partial charge in [-0.15, -0.1) is 0 Å².